The van der Waals surface area contributed by atoms with Gasteiger partial charge in [-0.05, 0) is 85.9 Å². The summed E-state index contributed by atoms with van der Waals surface area (Å²) >= 11 is 0. The summed E-state index contributed by atoms with van der Waals surface area (Å²) in [5.41, 5.74) is 2.23. The van der Waals surface area contributed by atoms with Crippen molar-refractivity contribution in [3.05, 3.63) is 11.6 Å². The van der Waals surface area contributed by atoms with E-state index in [0.29, 0.717) is 17.3 Å². The van der Waals surface area contributed by atoms with Crippen LogP contribution >= 0.6 is 0 Å². The highest BCUT2D eigenvalue weighted by atomic mass is 16.8. The molecule has 0 aromatic heterocycles. The molecule has 0 aromatic carbocycles. The molecular formula is C26H44O4. The molecule has 0 aliphatic heterocycles. The van der Waals surface area contributed by atoms with Crippen LogP contribution < -0.4 is 0 Å². The molecule has 0 bridgehead atoms. The fraction of sp³-hybridized carbons (Fsp3) is 0.923. The zero-order valence-electron chi connectivity index (χ0n) is 20.1. The molecule has 172 valence electrons. The number of methoxy groups -OCH3 is 2. The minimum atomic E-state index is -0.525. The zero-order chi connectivity index (χ0) is 21.7. The predicted octanol–water partition coefficient (Wildman–Crippen LogP) is 5.55. The topological polar surface area (TPSA) is 47.9 Å². The largest absolute Gasteiger partial charge is 0.393 e. The van der Waals surface area contributed by atoms with E-state index in [1.807, 2.05) is 6.92 Å². The van der Waals surface area contributed by atoms with Gasteiger partial charge in [-0.1, -0.05) is 32.4 Å². The van der Waals surface area contributed by atoms with Gasteiger partial charge in [0.15, 0.2) is 5.79 Å². The van der Waals surface area contributed by atoms with E-state index in [1.54, 1.807) is 19.8 Å². The number of hydrogen-bond acceptors (Lipinski definition) is 4. The van der Waals surface area contributed by atoms with Crippen molar-refractivity contribution >= 4 is 0 Å². The smallest absolute Gasteiger partial charge is 0.174 e. The van der Waals surface area contributed by atoms with Crippen molar-refractivity contribution in [3.8, 4) is 0 Å². The quantitative estimate of drug-likeness (QED) is 0.452. The van der Waals surface area contributed by atoms with Gasteiger partial charge >= 0.3 is 0 Å². The number of ether oxygens (including phenoxy) is 3. The zero-order valence-corrected chi connectivity index (χ0v) is 20.1. The molecule has 3 fully saturated rings. The molecule has 9 atom stereocenters. The third-order valence-electron chi connectivity index (χ3n) is 10.4. The Bertz CT molecular complexity index is 659. The van der Waals surface area contributed by atoms with Crippen LogP contribution in [0.3, 0.4) is 0 Å². The SMILES string of the molecule is COCO[C@]1(OC)CC[C@@]2(C)C(=CC[C@H]3[C@@H]4CC[C@H]([C@@H](C)C(C)O)[C@@]4(C)CC[C@@H]32)C1. The van der Waals surface area contributed by atoms with Gasteiger partial charge in [-0.25, -0.2) is 0 Å². The van der Waals surface area contributed by atoms with Gasteiger partial charge in [-0.15, -0.1) is 0 Å². The molecule has 3 saturated carbocycles. The first kappa shape index (κ1) is 22.8. The Morgan fingerprint density at radius 3 is 2.50 bits per heavy atom. The Morgan fingerprint density at radius 1 is 1.07 bits per heavy atom. The van der Waals surface area contributed by atoms with Crippen LogP contribution in [0.5, 0.6) is 0 Å². The van der Waals surface area contributed by atoms with Gasteiger partial charge in [0.2, 0.25) is 0 Å². The lowest BCUT2D eigenvalue weighted by Gasteiger charge is -2.59. The molecule has 0 heterocycles. The maximum absolute atomic E-state index is 10.3. The van der Waals surface area contributed by atoms with E-state index in [2.05, 4.69) is 26.8 Å². The molecule has 4 heteroatoms. The lowest BCUT2D eigenvalue weighted by atomic mass is 9.46. The Labute approximate surface area is 183 Å². The van der Waals surface area contributed by atoms with Gasteiger partial charge in [0.05, 0.1) is 6.10 Å². The molecule has 0 aromatic rings. The van der Waals surface area contributed by atoms with Crippen LogP contribution in [0.2, 0.25) is 0 Å². The Balaban J connectivity index is 1.57. The Kier molecular flexibility index (Phi) is 6.20. The second kappa shape index (κ2) is 8.17. The fourth-order valence-electron chi connectivity index (χ4n) is 8.37. The van der Waals surface area contributed by atoms with Crippen molar-refractivity contribution < 1.29 is 19.3 Å². The van der Waals surface area contributed by atoms with Crippen LogP contribution in [0, 0.1) is 40.4 Å². The number of hydrogen-bond donors (Lipinski definition) is 1. The number of aliphatic hydroxyl groups excluding tert-OH is 1. The molecule has 4 aliphatic carbocycles. The lowest BCUT2D eigenvalue weighted by molar-refractivity contribution is -0.272. The van der Waals surface area contributed by atoms with Crippen molar-refractivity contribution in [2.75, 3.05) is 21.0 Å². The summed E-state index contributed by atoms with van der Waals surface area (Å²) in [6.45, 7) is 9.63. The van der Waals surface area contributed by atoms with Crippen molar-refractivity contribution in [1.82, 2.24) is 0 Å². The first-order valence-electron chi connectivity index (χ1n) is 12.3. The highest BCUT2D eigenvalue weighted by molar-refractivity contribution is 5.26. The van der Waals surface area contributed by atoms with E-state index in [-0.39, 0.29) is 18.3 Å². The van der Waals surface area contributed by atoms with Gasteiger partial charge in [0.25, 0.3) is 0 Å². The Hall–Kier alpha value is -0.420. The van der Waals surface area contributed by atoms with E-state index in [4.69, 9.17) is 14.2 Å². The van der Waals surface area contributed by atoms with Crippen LogP contribution in [0.4, 0.5) is 0 Å². The Morgan fingerprint density at radius 2 is 1.83 bits per heavy atom. The summed E-state index contributed by atoms with van der Waals surface area (Å²) in [6, 6.07) is 0. The molecule has 4 rings (SSSR count). The highest BCUT2D eigenvalue weighted by Crippen LogP contribution is 2.67. The lowest BCUT2D eigenvalue weighted by Crippen LogP contribution is -2.53. The summed E-state index contributed by atoms with van der Waals surface area (Å²) in [5, 5.41) is 10.3. The minimum absolute atomic E-state index is 0.203. The summed E-state index contributed by atoms with van der Waals surface area (Å²) in [7, 11) is 3.45. The van der Waals surface area contributed by atoms with E-state index in [1.165, 1.54) is 32.1 Å². The molecule has 1 unspecified atom stereocenters. The standard InChI is InChI=1S/C26H44O4/c1-17(18(2)27)21-9-10-22-20-8-7-19-15-26(29-6,30-16-28-5)14-13-24(19,3)23(20)11-12-25(21,22)4/h7,17-18,20-23,27H,8-16H2,1-6H3/t17-,18?,20-,21+,22-,23-,24-,25+,26+/m0/s1. The number of allylic oxidation sites excluding steroid dienone is 1. The molecule has 1 N–H and O–H groups in total. The van der Waals surface area contributed by atoms with Crippen molar-refractivity contribution in [2.24, 2.45) is 40.4 Å². The second-order valence-corrected chi connectivity index (χ2v) is 11.4. The normalized spacial score (nSPS) is 47.6. The monoisotopic (exact) mass is 420 g/mol. The molecule has 4 aliphatic rings. The van der Waals surface area contributed by atoms with Crippen LogP contribution in [0.15, 0.2) is 11.6 Å². The molecule has 4 nitrogen and oxygen atoms in total. The van der Waals surface area contributed by atoms with Crippen molar-refractivity contribution in [1.29, 1.82) is 0 Å². The van der Waals surface area contributed by atoms with Gasteiger partial charge in [-0.2, -0.15) is 0 Å². The van der Waals surface area contributed by atoms with E-state index in [0.717, 1.165) is 37.0 Å². The molecule has 0 saturated heterocycles. The summed E-state index contributed by atoms with van der Waals surface area (Å²) < 4.78 is 17.1. The average molecular weight is 421 g/mol. The predicted molar refractivity (Wildman–Crippen MR) is 119 cm³/mol. The van der Waals surface area contributed by atoms with Crippen LogP contribution in [-0.4, -0.2) is 38.0 Å². The third-order valence-corrected chi connectivity index (χ3v) is 10.4. The molecule has 0 spiro atoms. The van der Waals surface area contributed by atoms with Crippen molar-refractivity contribution in [2.45, 2.75) is 91.0 Å². The maximum atomic E-state index is 10.3. The minimum Gasteiger partial charge on any atom is -0.393 e. The fourth-order valence-corrected chi connectivity index (χ4v) is 8.37. The van der Waals surface area contributed by atoms with Crippen molar-refractivity contribution in [3.63, 3.8) is 0 Å². The molecule has 0 radical (unpaired) electrons. The molecule has 30 heavy (non-hydrogen) atoms. The summed E-state index contributed by atoms with van der Waals surface area (Å²) in [4.78, 5) is 0. The van der Waals surface area contributed by atoms with Crippen LogP contribution in [-0.2, 0) is 14.2 Å². The summed E-state index contributed by atoms with van der Waals surface area (Å²) in [5.74, 6) is 2.90. The molecule has 0 amide bonds. The second-order valence-electron chi connectivity index (χ2n) is 11.4. The van der Waals surface area contributed by atoms with E-state index in [9.17, 15) is 5.11 Å². The van der Waals surface area contributed by atoms with Gasteiger partial charge in [-0.3, -0.25) is 0 Å². The van der Waals surface area contributed by atoms with E-state index < -0.39 is 5.79 Å². The number of fused-ring (bicyclic) bond motifs is 5. The molecular weight excluding hydrogens is 376 g/mol. The number of rotatable bonds is 6. The maximum Gasteiger partial charge on any atom is 0.174 e. The van der Waals surface area contributed by atoms with Crippen LogP contribution in [0.1, 0.15) is 79.1 Å². The van der Waals surface area contributed by atoms with E-state index >= 15 is 0 Å². The summed E-state index contributed by atoms with van der Waals surface area (Å²) in [6.07, 6.45) is 11.8. The van der Waals surface area contributed by atoms with Gasteiger partial charge in [0, 0.05) is 27.1 Å². The van der Waals surface area contributed by atoms with Crippen LogP contribution in [0.25, 0.3) is 0 Å². The average Bonchev–Trinajstić information content (AvgIpc) is 3.08. The first-order valence-corrected chi connectivity index (χ1v) is 12.3. The van der Waals surface area contributed by atoms with Gasteiger partial charge in [0.1, 0.15) is 6.79 Å². The number of aliphatic hydroxyl groups is 1. The third kappa shape index (κ3) is 3.41. The first-order chi connectivity index (χ1) is 14.2. The highest BCUT2D eigenvalue weighted by Gasteiger charge is 2.60. The van der Waals surface area contributed by atoms with Gasteiger partial charge < -0.3 is 19.3 Å².